The summed E-state index contributed by atoms with van der Waals surface area (Å²) in [6.07, 6.45) is 6.52. The summed E-state index contributed by atoms with van der Waals surface area (Å²) in [5, 5.41) is 0.553. The van der Waals surface area contributed by atoms with E-state index in [0.29, 0.717) is 75.8 Å². The lowest BCUT2D eigenvalue weighted by atomic mass is 9.88. The van der Waals surface area contributed by atoms with Crippen molar-refractivity contribution in [1.29, 1.82) is 0 Å². The van der Waals surface area contributed by atoms with Crippen LogP contribution in [0.2, 0.25) is 5.02 Å². The minimum atomic E-state index is -0.522. The molecule has 48 heavy (non-hydrogen) atoms. The van der Waals surface area contributed by atoms with Gasteiger partial charge in [0.25, 0.3) is 0 Å². The normalized spacial score (nSPS) is 22.2. The number of rotatable bonds is 22. The van der Waals surface area contributed by atoms with Crippen LogP contribution >= 0.6 is 11.6 Å². The third-order valence-electron chi connectivity index (χ3n) is 8.77. The summed E-state index contributed by atoms with van der Waals surface area (Å²) < 4.78 is 51.6. The standard InChI is InChI=1S/C39H59ClO8/c1-6-11-19-41-27-32-36(43-20-12-7-2)39(45-22-14-9-4)38(44-21-13-8-3)35(48-32)31-26-29(33(40)37-34(31)46-23-24-47-37)25-28-15-17-30(18-16-28)42-10-5/h15-18,26,32,35-36,38-39H,6-14,19-25,27H2,1-5H3/t32-,35+,36-,38+,39+/m1/s1. The quantitative estimate of drug-likeness (QED) is 0.113. The van der Waals surface area contributed by atoms with Crippen molar-refractivity contribution in [2.45, 2.75) is 123 Å². The Hall–Kier alpha value is -2.07. The molecule has 1 fully saturated rings. The molecule has 0 N–H and O–H groups in total. The molecule has 0 unspecified atom stereocenters. The highest BCUT2D eigenvalue weighted by atomic mass is 35.5. The van der Waals surface area contributed by atoms with E-state index < -0.39 is 12.2 Å². The Morgan fingerprint density at radius 2 is 1.29 bits per heavy atom. The Morgan fingerprint density at radius 3 is 1.92 bits per heavy atom. The SMILES string of the molecule is CCCCOC[C@H]1O[C@@H](c2cc(Cc3ccc(OCC)cc3)c(Cl)c3c2OCCO3)[C@H](OCCCC)[C@@H](OCCCC)[C@@H]1OCCCC. The Kier molecular flexibility index (Phi) is 17.1. The van der Waals surface area contributed by atoms with E-state index in [4.69, 9.17) is 49.5 Å². The van der Waals surface area contributed by atoms with E-state index in [0.717, 1.165) is 73.8 Å². The molecule has 2 aliphatic rings. The number of halogens is 1. The Morgan fingerprint density at radius 1 is 0.708 bits per heavy atom. The van der Waals surface area contributed by atoms with E-state index in [9.17, 15) is 0 Å². The molecule has 0 radical (unpaired) electrons. The second-order valence-electron chi connectivity index (χ2n) is 12.6. The van der Waals surface area contributed by atoms with Crippen molar-refractivity contribution in [2.75, 3.05) is 52.9 Å². The van der Waals surface area contributed by atoms with Crippen LogP contribution in [0.4, 0.5) is 0 Å². The van der Waals surface area contributed by atoms with Gasteiger partial charge >= 0.3 is 0 Å². The molecule has 9 heteroatoms. The van der Waals surface area contributed by atoms with Gasteiger partial charge in [0.2, 0.25) is 0 Å². The van der Waals surface area contributed by atoms with Crippen molar-refractivity contribution in [1.82, 2.24) is 0 Å². The molecular weight excluding hydrogens is 632 g/mol. The van der Waals surface area contributed by atoms with Gasteiger partial charge < -0.3 is 37.9 Å². The largest absolute Gasteiger partial charge is 0.494 e. The summed E-state index contributed by atoms with van der Waals surface area (Å²) >= 11 is 7.08. The summed E-state index contributed by atoms with van der Waals surface area (Å²) in [5.41, 5.74) is 2.89. The minimum absolute atomic E-state index is 0.346. The van der Waals surface area contributed by atoms with E-state index in [2.05, 4.69) is 45.9 Å². The highest BCUT2D eigenvalue weighted by molar-refractivity contribution is 6.33. The van der Waals surface area contributed by atoms with E-state index >= 15 is 0 Å². The molecule has 1 saturated heterocycles. The topological polar surface area (TPSA) is 73.8 Å². The Bertz CT molecular complexity index is 1190. The van der Waals surface area contributed by atoms with Crippen LogP contribution in [0.15, 0.2) is 30.3 Å². The van der Waals surface area contributed by atoms with Crippen LogP contribution < -0.4 is 14.2 Å². The van der Waals surface area contributed by atoms with Gasteiger partial charge in [0, 0.05) is 32.0 Å². The molecule has 8 nitrogen and oxygen atoms in total. The first-order valence-electron chi connectivity index (χ1n) is 18.5. The van der Waals surface area contributed by atoms with Gasteiger partial charge in [0.1, 0.15) is 49.5 Å². The fourth-order valence-corrected chi connectivity index (χ4v) is 6.36. The van der Waals surface area contributed by atoms with E-state index in [1.807, 2.05) is 19.1 Å². The minimum Gasteiger partial charge on any atom is -0.494 e. The van der Waals surface area contributed by atoms with E-state index in [-0.39, 0.29) is 18.3 Å². The number of unbranched alkanes of at least 4 members (excludes halogenated alkanes) is 4. The van der Waals surface area contributed by atoms with E-state index in [1.54, 1.807) is 0 Å². The molecule has 2 aromatic rings. The average Bonchev–Trinajstić information content (AvgIpc) is 3.10. The first-order valence-corrected chi connectivity index (χ1v) is 18.8. The molecular formula is C39H59ClO8. The van der Waals surface area contributed by atoms with Crippen molar-refractivity contribution >= 4 is 11.6 Å². The molecule has 4 rings (SSSR count). The predicted octanol–water partition coefficient (Wildman–Crippen LogP) is 8.91. The number of hydrogen-bond donors (Lipinski definition) is 0. The van der Waals surface area contributed by atoms with Crippen LogP contribution in [-0.2, 0) is 30.1 Å². The molecule has 2 aliphatic heterocycles. The molecule has 0 saturated carbocycles. The lowest BCUT2D eigenvalue weighted by Crippen LogP contribution is -2.58. The molecule has 0 bridgehead atoms. The summed E-state index contributed by atoms with van der Waals surface area (Å²) in [6, 6.07) is 10.3. The molecule has 0 amide bonds. The molecule has 2 aromatic carbocycles. The second-order valence-corrected chi connectivity index (χ2v) is 13.0. The first kappa shape index (κ1) is 38.7. The summed E-state index contributed by atoms with van der Waals surface area (Å²) in [7, 11) is 0. The molecule has 270 valence electrons. The molecule has 0 aromatic heterocycles. The zero-order chi connectivity index (χ0) is 34.1. The number of ether oxygens (including phenoxy) is 8. The highest BCUT2D eigenvalue weighted by Crippen LogP contribution is 2.49. The summed E-state index contributed by atoms with van der Waals surface area (Å²) in [5.74, 6) is 2.01. The van der Waals surface area contributed by atoms with Gasteiger partial charge in [-0.2, -0.15) is 0 Å². The molecule has 2 heterocycles. The van der Waals surface area contributed by atoms with Crippen LogP contribution in [0, 0.1) is 0 Å². The van der Waals surface area contributed by atoms with Crippen molar-refractivity contribution in [3.05, 3.63) is 52.0 Å². The third-order valence-corrected chi connectivity index (χ3v) is 9.19. The van der Waals surface area contributed by atoms with Crippen molar-refractivity contribution in [3.63, 3.8) is 0 Å². The van der Waals surface area contributed by atoms with Crippen LogP contribution in [0.1, 0.15) is 109 Å². The average molecular weight is 691 g/mol. The van der Waals surface area contributed by atoms with Gasteiger partial charge in [0.15, 0.2) is 11.5 Å². The van der Waals surface area contributed by atoms with Gasteiger partial charge in [-0.25, -0.2) is 0 Å². The lowest BCUT2D eigenvalue weighted by molar-refractivity contribution is -0.268. The van der Waals surface area contributed by atoms with Gasteiger partial charge in [-0.1, -0.05) is 77.1 Å². The zero-order valence-corrected chi connectivity index (χ0v) is 30.7. The highest BCUT2D eigenvalue weighted by Gasteiger charge is 2.50. The second kappa shape index (κ2) is 21.2. The van der Waals surface area contributed by atoms with Crippen LogP contribution in [0.5, 0.6) is 17.2 Å². The maximum absolute atomic E-state index is 7.08. The lowest BCUT2D eigenvalue weighted by Gasteiger charge is -2.47. The predicted molar refractivity (Wildman–Crippen MR) is 190 cm³/mol. The van der Waals surface area contributed by atoms with Crippen molar-refractivity contribution < 1.29 is 37.9 Å². The zero-order valence-electron chi connectivity index (χ0n) is 29.9. The summed E-state index contributed by atoms with van der Waals surface area (Å²) in [6.45, 7) is 15.0. The van der Waals surface area contributed by atoms with E-state index in [1.165, 1.54) is 0 Å². The third kappa shape index (κ3) is 10.7. The van der Waals surface area contributed by atoms with Crippen molar-refractivity contribution in [2.24, 2.45) is 0 Å². The van der Waals surface area contributed by atoms with Gasteiger partial charge in [-0.3, -0.25) is 0 Å². The van der Waals surface area contributed by atoms with Crippen LogP contribution in [0.3, 0.4) is 0 Å². The van der Waals surface area contributed by atoms with Crippen molar-refractivity contribution in [3.8, 4) is 17.2 Å². The first-order chi connectivity index (χ1) is 23.6. The van der Waals surface area contributed by atoms with Gasteiger partial charge in [-0.15, -0.1) is 0 Å². The smallest absolute Gasteiger partial charge is 0.180 e. The Balaban J connectivity index is 1.78. The van der Waals surface area contributed by atoms with Gasteiger partial charge in [-0.05, 0) is 68.4 Å². The molecule has 0 spiro atoms. The van der Waals surface area contributed by atoms with Crippen LogP contribution in [-0.4, -0.2) is 77.3 Å². The molecule has 5 atom stereocenters. The number of hydrogen-bond acceptors (Lipinski definition) is 8. The fourth-order valence-electron chi connectivity index (χ4n) is 6.10. The summed E-state index contributed by atoms with van der Waals surface area (Å²) in [4.78, 5) is 0. The maximum Gasteiger partial charge on any atom is 0.180 e. The number of benzene rings is 2. The van der Waals surface area contributed by atoms with Gasteiger partial charge in [0.05, 0.1) is 18.2 Å². The number of fused-ring (bicyclic) bond motifs is 1. The van der Waals surface area contributed by atoms with Crippen LogP contribution in [0.25, 0.3) is 0 Å². The fraction of sp³-hybridized carbons (Fsp3) is 0.692. The Labute approximate surface area is 294 Å². The molecule has 0 aliphatic carbocycles. The maximum atomic E-state index is 7.08. The monoisotopic (exact) mass is 690 g/mol.